The van der Waals surface area contributed by atoms with Gasteiger partial charge < -0.3 is 15.1 Å². The van der Waals surface area contributed by atoms with Gasteiger partial charge in [0.05, 0.1) is 11.9 Å². The normalized spacial score (nSPS) is 11.7. The van der Waals surface area contributed by atoms with Crippen LogP contribution in [-0.2, 0) is 24.0 Å². The summed E-state index contributed by atoms with van der Waals surface area (Å²) in [5, 5.41) is 3.01. The molecule has 0 radical (unpaired) electrons. The summed E-state index contributed by atoms with van der Waals surface area (Å²) in [6.07, 6.45) is 7.29. The van der Waals surface area contributed by atoms with Gasteiger partial charge in [0, 0.05) is 18.3 Å². The zero-order valence-corrected chi connectivity index (χ0v) is 17.4. The number of pyridine rings is 1. The van der Waals surface area contributed by atoms with Gasteiger partial charge in [0.2, 0.25) is 0 Å². The number of aryl methyl sites for hydroxylation is 2. The molecule has 0 unspecified atom stereocenters. The first kappa shape index (κ1) is 23.6. The standard InChI is InChI=1S/C21H29F2N2O3P/c22-19-10-8-17(9-11-19)6-3-1-2-4-7-18-15-25-20(14-21(18)23)16-24-12-5-13-29(26,27)28/h8-11,14-15,24H,1-7,12-13,16H2,(H2,26,27,28). The van der Waals surface area contributed by atoms with Crippen LogP contribution < -0.4 is 5.32 Å². The largest absolute Gasteiger partial charge is 0.325 e. The van der Waals surface area contributed by atoms with Crippen molar-refractivity contribution in [3.05, 3.63) is 65.0 Å². The summed E-state index contributed by atoms with van der Waals surface area (Å²) in [4.78, 5) is 21.8. The van der Waals surface area contributed by atoms with E-state index in [9.17, 15) is 13.3 Å². The first-order valence-corrected chi connectivity index (χ1v) is 11.8. The van der Waals surface area contributed by atoms with E-state index in [1.807, 2.05) is 12.1 Å². The minimum atomic E-state index is -3.96. The number of hydrogen-bond acceptors (Lipinski definition) is 3. The minimum absolute atomic E-state index is 0.162. The Hall–Kier alpha value is -1.66. The Balaban J connectivity index is 1.60. The van der Waals surface area contributed by atoms with E-state index in [2.05, 4.69) is 10.3 Å². The van der Waals surface area contributed by atoms with Crippen LogP contribution in [0.5, 0.6) is 0 Å². The van der Waals surface area contributed by atoms with E-state index in [4.69, 9.17) is 9.79 Å². The Morgan fingerprint density at radius 1 is 0.966 bits per heavy atom. The maximum absolute atomic E-state index is 14.2. The number of halogens is 2. The summed E-state index contributed by atoms with van der Waals surface area (Å²) in [6.45, 7) is 0.801. The highest BCUT2D eigenvalue weighted by molar-refractivity contribution is 7.51. The smallest absolute Gasteiger partial charge is 0.324 e. The van der Waals surface area contributed by atoms with E-state index in [0.717, 1.165) is 37.7 Å². The average molecular weight is 426 g/mol. The molecule has 0 aliphatic rings. The van der Waals surface area contributed by atoms with Crippen molar-refractivity contribution >= 4 is 7.60 Å². The highest BCUT2D eigenvalue weighted by Crippen LogP contribution is 2.34. The first-order valence-electron chi connectivity index (χ1n) is 9.96. The van der Waals surface area contributed by atoms with Crippen LogP contribution in [0.1, 0.15) is 48.9 Å². The van der Waals surface area contributed by atoms with Crippen molar-refractivity contribution in [2.45, 2.75) is 51.5 Å². The van der Waals surface area contributed by atoms with Gasteiger partial charge in [-0.3, -0.25) is 9.55 Å². The van der Waals surface area contributed by atoms with Gasteiger partial charge >= 0.3 is 7.60 Å². The maximum atomic E-state index is 14.2. The van der Waals surface area contributed by atoms with Crippen molar-refractivity contribution < 1.29 is 23.1 Å². The van der Waals surface area contributed by atoms with E-state index < -0.39 is 7.60 Å². The van der Waals surface area contributed by atoms with Crippen molar-refractivity contribution in [3.63, 3.8) is 0 Å². The monoisotopic (exact) mass is 426 g/mol. The van der Waals surface area contributed by atoms with Crippen molar-refractivity contribution in [1.82, 2.24) is 10.3 Å². The number of benzene rings is 1. The summed E-state index contributed by atoms with van der Waals surface area (Å²) in [5.41, 5.74) is 2.31. The van der Waals surface area contributed by atoms with Crippen LogP contribution in [0, 0.1) is 11.6 Å². The SMILES string of the molecule is O=P(O)(O)CCCNCc1cc(F)c(CCCCCCc2ccc(F)cc2)cn1. The highest BCUT2D eigenvalue weighted by Gasteiger charge is 2.11. The van der Waals surface area contributed by atoms with Crippen molar-refractivity contribution in [1.29, 1.82) is 0 Å². The Bertz CT molecular complexity index is 797. The molecule has 2 rings (SSSR count). The second-order valence-electron chi connectivity index (χ2n) is 7.23. The second-order valence-corrected chi connectivity index (χ2v) is 9.00. The van der Waals surface area contributed by atoms with Gasteiger partial charge in [-0.15, -0.1) is 0 Å². The molecule has 1 heterocycles. The number of rotatable bonds is 13. The molecule has 0 aliphatic carbocycles. The number of nitrogens with zero attached hydrogens (tertiary/aromatic N) is 1. The van der Waals surface area contributed by atoms with Gasteiger partial charge in [-0.05, 0) is 62.4 Å². The summed E-state index contributed by atoms with van der Waals surface area (Å²) >= 11 is 0. The van der Waals surface area contributed by atoms with Crippen LogP contribution in [0.4, 0.5) is 8.78 Å². The van der Waals surface area contributed by atoms with Gasteiger partial charge in [0.25, 0.3) is 0 Å². The molecule has 2 aromatic rings. The molecule has 1 aromatic carbocycles. The molecule has 0 fully saturated rings. The van der Waals surface area contributed by atoms with E-state index in [1.165, 1.54) is 18.2 Å². The fourth-order valence-electron chi connectivity index (χ4n) is 3.06. The summed E-state index contributed by atoms with van der Waals surface area (Å²) in [5.74, 6) is -0.482. The molecule has 0 amide bonds. The van der Waals surface area contributed by atoms with Crippen molar-refractivity contribution in [2.24, 2.45) is 0 Å². The van der Waals surface area contributed by atoms with Crippen LogP contribution in [0.2, 0.25) is 0 Å². The van der Waals surface area contributed by atoms with E-state index in [1.54, 1.807) is 6.20 Å². The third-order valence-electron chi connectivity index (χ3n) is 4.67. The zero-order chi connectivity index (χ0) is 21.1. The molecule has 0 spiro atoms. The summed E-state index contributed by atoms with van der Waals surface area (Å²) < 4.78 is 37.8. The molecule has 1 aromatic heterocycles. The number of unbranched alkanes of at least 4 members (excludes halogenated alkanes) is 3. The predicted octanol–water partition coefficient (Wildman–Crippen LogP) is 4.36. The average Bonchev–Trinajstić information content (AvgIpc) is 2.66. The molecule has 5 nitrogen and oxygen atoms in total. The van der Waals surface area contributed by atoms with Gasteiger partial charge in [-0.25, -0.2) is 8.78 Å². The third kappa shape index (κ3) is 10.1. The number of hydrogen-bond donors (Lipinski definition) is 3. The number of nitrogens with one attached hydrogen (secondary N) is 1. The lowest BCUT2D eigenvalue weighted by molar-refractivity contribution is 0.371. The van der Waals surface area contributed by atoms with Crippen LogP contribution in [-0.4, -0.2) is 27.5 Å². The molecular weight excluding hydrogens is 397 g/mol. The summed E-state index contributed by atoms with van der Waals surface area (Å²) in [6, 6.07) is 7.99. The molecular formula is C21H29F2N2O3P. The molecule has 0 bridgehead atoms. The third-order valence-corrected chi connectivity index (χ3v) is 5.57. The summed E-state index contributed by atoms with van der Waals surface area (Å²) in [7, 11) is -3.96. The molecule has 0 saturated heterocycles. The Morgan fingerprint density at radius 2 is 1.66 bits per heavy atom. The molecule has 3 N–H and O–H groups in total. The van der Waals surface area contributed by atoms with Crippen molar-refractivity contribution in [3.8, 4) is 0 Å². The zero-order valence-electron chi connectivity index (χ0n) is 16.5. The quantitative estimate of drug-likeness (QED) is 0.327. The van der Waals surface area contributed by atoms with Crippen molar-refractivity contribution in [2.75, 3.05) is 12.7 Å². The van der Waals surface area contributed by atoms with Crippen LogP contribution in [0.15, 0.2) is 36.5 Å². The molecule has 0 atom stereocenters. The van der Waals surface area contributed by atoms with E-state index in [-0.39, 0.29) is 17.8 Å². The van der Waals surface area contributed by atoms with Gasteiger partial charge in [-0.2, -0.15) is 0 Å². The van der Waals surface area contributed by atoms with E-state index in [0.29, 0.717) is 37.2 Å². The molecule has 29 heavy (non-hydrogen) atoms. The first-order chi connectivity index (χ1) is 13.8. The fourth-order valence-corrected chi connectivity index (χ4v) is 3.63. The lowest BCUT2D eigenvalue weighted by Gasteiger charge is -2.08. The van der Waals surface area contributed by atoms with Gasteiger partial charge in [-0.1, -0.05) is 25.0 Å². The molecule has 0 aliphatic heterocycles. The minimum Gasteiger partial charge on any atom is -0.324 e. The topological polar surface area (TPSA) is 82.5 Å². The van der Waals surface area contributed by atoms with E-state index >= 15 is 0 Å². The maximum Gasteiger partial charge on any atom is 0.325 e. The van der Waals surface area contributed by atoms with Crippen LogP contribution >= 0.6 is 7.60 Å². The molecule has 8 heteroatoms. The second kappa shape index (κ2) is 12.1. The Morgan fingerprint density at radius 3 is 2.31 bits per heavy atom. The Labute approximate surface area is 170 Å². The van der Waals surface area contributed by atoms with Gasteiger partial charge in [0.15, 0.2) is 0 Å². The van der Waals surface area contributed by atoms with Crippen LogP contribution in [0.3, 0.4) is 0 Å². The molecule has 0 saturated carbocycles. The fraction of sp³-hybridized carbons (Fsp3) is 0.476. The highest BCUT2D eigenvalue weighted by atomic mass is 31.2. The lowest BCUT2D eigenvalue weighted by atomic mass is 10.0. The Kier molecular flexibility index (Phi) is 9.88. The predicted molar refractivity (Wildman–Crippen MR) is 110 cm³/mol. The molecule has 160 valence electrons. The lowest BCUT2D eigenvalue weighted by Crippen LogP contribution is -2.17. The van der Waals surface area contributed by atoms with Gasteiger partial charge in [0.1, 0.15) is 11.6 Å². The van der Waals surface area contributed by atoms with Crippen LogP contribution in [0.25, 0.3) is 0 Å². The number of aromatic nitrogens is 1.